The number of nitrogens with one attached hydrogen (secondary N) is 1. The van der Waals surface area contributed by atoms with Gasteiger partial charge in [0.15, 0.2) is 0 Å². The molecule has 0 amide bonds. The van der Waals surface area contributed by atoms with Gasteiger partial charge in [0.2, 0.25) is 0 Å². The van der Waals surface area contributed by atoms with Crippen molar-refractivity contribution in [1.82, 2.24) is 10.3 Å². The van der Waals surface area contributed by atoms with Crippen molar-refractivity contribution < 1.29 is 0 Å². The molecule has 0 radical (unpaired) electrons. The molecular formula is C16H19ClN2S. The normalized spacial score (nSPS) is 11.6. The Balaban J connectivity index is 2.15. The fraction of sp³-hybridized carbons (Fsp3) is 0.312. The summed E-state index contributed by atoms with van der Waals surface area (Å²) in [5, 5.41) is 5.27. The molecule has 0 fully saturated rings. The molecule has 0 atom stereocenters. The van der Waals surface area contributed by atoms with Crippen LogP contribution in [0.25, 0.3) is 0 Å². The molecule has 0 aliphatic carbocycles. The van der Waals surface area contributed by atoms with Crippen LogP contribution in [0.2, 0.25) is 5.02 Å². The summed E-state index contributed by atoms with van der Waals surface area (Å²) in [6.45, 7) is 7.29. The number of hydrogen-bond donors (Lipinski definition) is 1. The van der Waals surface area contributed by atoms with Crippen LogP contribution in [0.5, 0.6) is 0 Å². The molecule has 0 aliphatic heterocycles. The molecular weight excluding hydrogens is 288 g/mol. The maximum Gasteiger partial charge on any atom is 0.105 e. The van der Waals surface area contributed by atoms with E-state index < -0.39 is 0 Å². The smallest absolute Gasteiger partial charge is 0.105 e. The van der Waals surface area contributed by atoms with Crippen molar-refractivity contribution in [1.29, 1.82) is 0 Å². The highest BCUT2D eigenvalue weighted by Gasteiger charge is 2.11. The number of nitrogens with zero attached hydrogens (tertiary/aromatic N) is 1. The van der Waals surface area contributed by atoms with Crippen LogP contribution in [0.15, 0.2) is 52.5 Å². The van der Waals surface area contributed by atoms with Gasteiger partial charge in [0.05, 0.1) is 0 Å². The molecule has 0 spiro atoms. The molecule has 2 nitrogen and oxygen atoms in total. The molecule has 0 bridgehead atoms. The Kier molecular flexibility index (Phi) is 5.08. The zero-order valence-electron chi connectivity index (χ0n) is 12.0. The van der Waals surface area contributed by atoms with Crippen LogP contribution in [-0.4, -0.2) is 10.5 Å². The first-order valence-electron chi connectivity index (χ1n) is 6.56. The second-order valence-electron chi connectivity index (χ2n) is 5.63. The van der Waals surface area contributed by atoms with E-state index in [0.29, 0.717) is 0 Å². The Hall–Kier alpha value is -1.03. The van der Waals surface area contributed by atoms with E-state index in [0.717, 1.165) is 21.5 Å². The van der Waals surface area contributed by atoms with Crippen molar-refractivity contribution >= 4 is 23.4 Å². The van der Waals surface area contributed by atoms with Crippen molar-refractivity contribution in [2.75, 3.05) is 0 Å². The van der Waals surface area contributed by atoms with Gasteiger partial charge in [0.25, 0.3) is 0 Å². The topological polar surface area (TPSA) is 24.9 Å². The molecule has 0 saturated heterocycles. The highest BCUT2D eigenvalue weighted by atomic mass is 35.5. The fourth-order valence-electron chi connectivity index (χ4n) is 1.65. The van der Waals surface area contributed by atoms with E-state index in [4.69, 9.17) is 11.6 Å². The van der Waals surface area contributed by atoms with E-state index in [9.17, 15) is 0 Å². The molecule has 4 heteroatoms. The van der Waals surface area contributed by atoms with E-state index >= 15 is 0 Å². The van der Waals surface area contributed by atoms with Crippen molar-refractivity contribution in [3.8, 4) is 0 Å². The molecule has 0 saturated carbocycles. The Bertz CT molecular complexity index is 579. The number of hydrogen-bond acceptors (Lipinski definition) is 3. The Morgan fingerprint density at radius 3 is 2.70 bits per heavy atom. The second kappa shape index (κ2) is 6.61. The predicted octanol–water partition coefficient (Wildman–Crippen LogP) is 4.77. The van der Waals surface area contributed by atoms with Crippen LogP contribution in [0.3, 0.4) is 0 Å². The lowest BCUT2D eigenvalue weighted by molar-refractivity contribution is 0.422. The summed E-state index contributed by atoms with van der Waals surface area (Å²) in [7, 11) is 0. The van der Waals surface area contributed by atoms with Crippen LogP contribution < -0.4 is 5.32 Å². The number of halogens is 1. The lowest BCUT2D eigenvalue weighted by atomic mass is 10.1. The zero-order valence-corrected chi connectivity index (χ0v) is 13.6. The van der Waals surface area contributed by atoms with Crippen LogP contribution >= 0.6 is 23.4 Å². The van der Waals surface area contributed by atoms with Gasteiger partial charge in [0, 0.05) is 28.2 Å². The third-order valence-corrected chi connectivity index (χ3v) is 3.96. The average molecular weight is 307 g/mol. The van der Waals surface area contributed by atoms with Crippen molar-refractivity contribution in [2.24, 2.45) is 0 Å². The van der Waals surface area contributed by atoms with Crippen LogP contribution in [-0.2, 0) is 6.54 Å². The predicted molar refractivity (Wildman–Crippen MR) is 86.4 cm³/mol. The third kappa shape index (κ3) is 4.82. The van der Waals surface area contributed by atoms with Gasteiger partial charge in [0.1, 0.15) is 5.03 Å². The maximum atomic E-state index is 6.03. The van der Waals surface area contributed by atoms with Gasteiger partial charge in [-0.25, -0.2) is 4.98 Å². The van der Waals surface area contributed by atoms with Crippen LogP contribution in [0, 0.1) is 0 Å². The van der Waals surface area contributed by atoms with Crippen LogP contribution in [0.4, 0.5) is 0 Å². The summed E-state index contributed by atoms with van der Waals surface area (Å²) in [4.78, 5) is 5.59. The van der Waals surface area contributed by atoms with Gasteiger partial charge in [-0.3, -0.25) is 0 Å². The number of aromatic nitrogens is 1. The second-order valence-corrected chi connectivity index (χ2v) is 7.13. The largest absolute Gasteiger partial charge is 0.308 e. The highest BCUT2D eigenvalue weighted by Crippen LogP contribution is 2.30. The third-order valence-electron chi connectivity index (χ3n) is 2.67. The summed E-state index contributed by atoms with van der Waals surface area (Å²) < 4.78 is 0. The molecule has 0 unspecified atom stereocenters. The number of pyridine rings is 1. The minimum absolute atomic E-state index is 0.0911. The Morgan fingerprint density at radius 1 is 1.20 bits per heavy atom. The molecule has 1 heterocycles. The average Bonchev–Trinajstić information content (AvgIpc) is 2.37. The van der Waals surface area contributed by atoms with Crippen LogP contribution in [0.1, 0.15) is 26.3 Å². The lowest BCUT2D eigenvalue weighted by Gasteiger charge is -2.21. The first-order chi connectivity index (χ1) is 9.44. The van der Waals surface area contributed by atoms with Crippen molar-refractivity contribution in [2.45, 2.75) is 42.8 Å². The maximum absolute atomic E-state index is 6.03. The summed E-state index contributed by atoms with van der Waals surface area (Å²) in [5.41, 5.74) is 1.29. The highest BCUT2D eigenvalue weighted by molar-refractivity contribution is 7.99. The number of rotatable bonds is 4. The first-order valence-corrected chi connectivity index (χ1v) is 7.76. The van der Waals surface area contributed by atoms with Gasteiger partial charge < -0.3 is 5.32 Å². The molecule has 0 aliphatic rings. The standard InChI is InChI=1S/C16H19ClN2S/c1-16(2,3)19-11-12-6-5-9-18-15(12)20-14-8-4-7-13(17)10-14/h4-10,19H,11H2,1-3H3. The summed E-state index contributed by atoms with van der Waals surface area (Å²) in [6, 6.07) is 11.9. The van der Waals surface area contributed by atoms with E-state index in [-0.39, 0.29) is 5.54 Å². The molecule has 1 N–H and O–H groups in total. The summed E-state index contributed by atoms with van der Waals surface area (Å²) >= 11 is 7.67. The van der Waals surface area contributed by atoms with E-state index in [2.05, 4.69) is 37.1 Å². The summed E-state index contributed by atoms with van der Waals surface area (Å²) in [5.74, 6) is 0. The monoisotopic (exact) mass is 306 g/mol. The zero-order chi connectivity index (χ0) is 14.6. The molecule has 1 aromatic heterocycles. The van der Waals surface area contributed by atoms with Gasteiger partial charge in [-0.15, -0.1) is 0 Å². The fourth-order valence-corrected chi connectivity index (χ4v) is 2.85. The van der Waals surface area contributed by atoms with E-state index in [1.165, 1.54) is 5.56 Å². The molecule has 106 valence electrons. The quantitative estimate of drug-likeness (QED) is 0.880. The molecule has 2 rings (SSSR count). The van der Waals surface area contributed by atoms with Gasteiger partial charge in [-0.05, 0) is 50.6 Å². The van der Waals surface area contributed by atoms with Gasteiger partial charge in [-0.1, -0.05) is 35.5 Å². The van der Waals surface area contributed by atoms with E-state index in [1.807, 2.05) is 36.5 Å². The molecule has 2 aromatic rings. The van der Waals surface area contributed by atoms with Crippen molar-refractivity contribution in [3.63, 3.8) is 0 Å². The van der Waals surface area contributed by atoms with E-state index in [1.54, 1.807) is 11.8 Å². The summed E-state index contributed by atoms with van der Waals surface area (Å²) in [6.07, 6.45) is 1.83. The first kappa shape index (κ1) is 15.4. The van der Waals surface area contributed by atoms with Gasteiger partial charge >= 0.3 is 0 Å². The SMILES string of the molecule is CC(C)(C)NCc1cccnc1Sc1cccc(Cl)c1. The van der Waals surface area contributed by atoms with Gasteiger partial charge in [-0.2, -0.15) is 0 Å². The minimum Gasteiger partial charge on any atom is -0.308 e. The molecule has 20 heavy (non-hydrogen) atoms. The molecule has 1 aromatic carbocycles. The lowest BCUT2D eigenvalue weighted by Crippen LogP contribution is -2.35. The number of benzene rings is 1. The minimum atomic E-state index is 0.0911. The Labute approximate surface area is 130 Å². The van der Waals surface area contributed by atoms with Crippen molar-refractivity contribution in [3.05, 3.63) is 53.2 Å². The Morgan fingerprint density at radius 2 is 2.00 bits per heavy atom.